The molecule has 4 rings (SSSR count). The van der Waals surface area contributed by atoms with Crippen molar-refractivity contribution >= 4 is 11.7 Å². The highest BCUT2D eigenvalue weighted by Gasteiger charge is 2.24. The SMILES string of the molecule is Cc1ccc(-n2cc(C(=O)N3CCN(c4ccccn4)CC3)nn2)cc1C. The van der Waals surface area contributed by atoms with Crippen LogP contribution in [0, 0.1) is 13.8 Å². The Morgan fingerprint density at radius 2 is 1.81 bits per heavy atom. The van der Waals surface area contributed by atoms with Crippen LogP contribution in [0.5, 0.6) is 0 Å². The molecule has 0 unspecified atom stereocenters. The molecule has 0 atom stereocenters. The maximum absolute atomic E-state index is 12.8. The number of nitrogens with zero attached hydrogens (tertiary/aromatic N) is 6. The summed E-state index contributed by atoms with van der Waals surface area (Å²) in [6.45, 7) is 6.93. The van der Waals surface area contributed by atoms with Gasteiger partial charge in [0, 0.05) is 32.4 Å². The lowest BCUT2D eigenvalue weighted by molar-refractivity contribution is 0.0740. The van der Waals surface area contributed by atoms with Crippen molar-refractivity contribution < 1.29 is 4.79 Å². The molecular weight excluding hydrogens is 340 g/mol. The van der Waals surface area contributed by atoms with E-state index >= 15 is 0 Å². The third kappa shape index (κ3) is 3.53. The molecule has 1 amide bonds. The Morgan fingerprint density at radius 1 is 1.00 bits per heavy atom. The van der Waals surface area contributed by atoms with Crippen LogP contribution >= 0.6 is 0 Å². The first-order valence-electron chi connectivity index (χ1n) is 9.07. The minimum Gasteiger partial charge on any atom is -0.353 e. The van der Waals surface area contributed by atoms with Gasteiger partial charge in [-0.1, -0.05) is 17.3 Å². The Bertz CT molecular complexity index is 944. The highest BCUT2D eigenvalue weighted by molar-refractivity contribution is 5.92. The number of benzene rings is 1. The van der Waals surface area contributed by atoms with Crippen molar-refractivity contribution in [3.8, 4) is 5.69 Å². The first kappa shape index (κ1) is 17.2. The Balaban J connectivity index is 1.43. The van der Waals surface area contributed by atoms with E-state index in [0.717, 1.165) is 24.6 Å². The van der Waals surface area contributed by atoms with Crippen LogP contribution in [0.1, 0.15) is 21.6 Å². The molecule has 0 spiro atoms. The first-order valence-corrected chi connectivity index (χ1v) is 9.07. The molecule has 3 heterocycles. The average molecular weight is 362 g/mol. The van der Waals surface area contributed by atoms with Gasteiger partial charge >= 0.3 is 0 Å². The minimum atomic E-state index is -0.0780. The molecule has 138 valence electrons. The molecule has 1 aliphatic rings. The second kappa shape index (κ2) is 7.19. The smallest absolute Gasteiger partial charge is 0.276 e. The van der Waals surface area contributed by atoms with Crippen molar-refractivity contribution in [2.75, 3.05) is 31.1 Å². The lowest BCUT2D eigenvalue weighted by atomic mass is 10.1. The number of pyridine rings is 1. The van der Waals surface area contributed by atoms with Gasteiger partial charge in [-0.3, -0.25) is 4.79 Å². The standard InChI is InChI=1S/C20H22N6O/c1-15-6-7-17(13-16(15)2)26-14-18(22-23-26)20(27)25-11-9-24(10-12-25)19-5-3-4-8-21-19/h3-8,13-14H,9-12H2,1-2H3. The Hall–Kier alpha value is -3.22. The Labute approximate surface area is 158 Å². The predicted molar refractivity (Wildman–Crippen MR) is 103 cm³/mol. The van der Waals surface area contributed by atoms with Crippen molar-refractivity contribution in [2.45, 2.75) is 13.8 Å². The van der Waals surface area contributed by atoms with Crippen molar-refractivity contribution in [2.24, 2.45) is 0 Å². The first-order chi connectivity index (χ1) is 13.1. The summed E-state index contributed by atoms with van der Waals surface area (Å²) in [5.41, 5.74) is 3.69. The van der Waals surface area contributed by atoms with Gasteiger partial charge in [-0.25, -0.2) is 9.67 Å². The molecule has 1 aromatic carbocycles. The number of aromatic nitrogens is 4. The van der Waals surface area contributed by atoms with Gasteiger partial charge in [0.15, 0.2) is 5.69 Å². The van der Waals surface area contributed by atoms with Crippen LogP contribution in [-0.2, 0) is 0 Å². The van der Waals surface area contributed by atoms with E-state index in [1.54, 1.807) is 17.1 Å². The Kier molecular flexibility index (Phi) is 4.58. The number of carbonyl (C=O) groups excluding carboxylic acids is 1. The molecule has 7 nitrogen and oxygen atoms in total. The van der Waals surface area contributed by atoms with Gasteiger partial charge in [0.05, 0.1) is 11.9 Å². The molecule has 0 saturated carbocycles. The minimum absolute atomic E-state index is 0.0780. The third-order valence-corrected chi connectivity index (χ3v) is 5.01. The maximum Gasteiger partial charge on any atom is 0.276 e. The molecule has 2 aromatic heterocycles. The quantitative estimate of drug-likeness (QED) is 0.715. The molecular formula is C20H22N6O. The highest BCUT2D eigenvalue weighted by atomic mass is 16.2. The van der Waals surface area contributed by atoms with Crippen LogP contribution in [0.4, 0.5) is 5.82 Å². The van der Waals surface area contributed by atoms with Crippen LogP contribution in [0.3, 0.4) is 0 Å². The van der Waals surface area contributed by atoms with E-state index in [1.807, 2.05) is 41.3 Å². The van der Waals surface area contributed by atoms with Gasteiger partial charge in [0.1, 0.15) is 5.82 Å². The van der Waals surface area contributed by atoms with E-state index in [9.17, 15) is 4.79 Å². The average Bonchev–Trinajstić information content (AvgIpc) is 3.20. The summed E-state index contributed by atoms with van der Waals surface area (Å²) in [5, 5.41) is 8.23. The summed E-state index contributed by atoms with van der Waals surface area (Å²) in [6, 6.07) is 11.9. The monoisotopic (exact) mass is 362 g/mol. The summed E-state index contributed by atoms with van der Waals surface area (Å²) in [6.07, 6.45) is 3.50. The summed E-state index contributed by atoms with van der Waals surface area (Å²) in [4.78, 5) is 21.2. The third-order valence-electron chi connectivity index (χ3n) is 5.01. The summed E-state index contributed by atoms with van der Waals surface area (Å²) in [5.74, 6) is 0.871. The van der Waals surface area contributed by atoms with E-state index in [1.165, 1.54) is 11.1 Å². The molecule has 1 aliphatic heterocycles. The van der Waals surface area contributed by atoms with Crippen molar-refractivity contribution in [1.29, 1.82) is 0 Å². The van der Waals surface area contributed by atoms with Gasteiger partial charge < -0.3 is 9.80 Å². The van der Waals surface area contributed by atoms with Gasteiger partial charge in [-0.15, -0.1) is 5.10 Å². The zero-order valence-corrected chi connectivity index (χ0v) is 15.5. The van der Waals surface area contributed by atoms with E-state index in [-0.39, 0.29) is 5.91 Å². The van der Waals surface area contributed by atoms with E-state index in [0.29, 0.717) is 18.8 Å². The summed E-state index contributed by atoms with van der Waals surface area (Å²) in [7, 11) is 0. The van der Waals surface area contributed by atoms with Crippen LogP contribution < -0.4 is 4.90 Å². The number of hydrogen-bond donors (Lipinski definition) is 0. The molecule has 0 aliphatic carbocycles. The molecule has 0 radical (unpaired) electrons. The topological polar surface area (TPSA) is 67.2 Å². The normalized spacial score (nSPS) is 14.4. The lowest BCUT2D eigenvalue weighted by Gasteiger charge is -2.34. The molecule has 3 aromatic rings. The number of rotatable bonds is 3. The molecule has 0 N–H and O–H groups in total. The lowest BCUT2D eigenvalue weighted by Crippen LogP contribution is -2.49. The molecule has 27 heavy (non-hydrogen) atoms. The molecule has 0 bridgehead atoms. The fraction of sp³-hybridized carbons (Fsp3) is 0.300. The van der Waals surface area contributed by atoms with Crippen molar-refractivity contribution in [3.05, 3.63) is 65.6 Å². The van der Waals surface area contributed by atoms with E-state index in [4.69, 9.17) is 0 Å². The summed E-state index contributed by atoms with van der Waals surface area (Å²) >= 11 is 0. The molecule has 1 fully saturated rings. The maximum atomic E-state index is 12.8. The molecule has 7 heteroatoms. The number of aryl methyl sites for hydroxylation is 2. The fourth-order valence-corrected chi connectivity index (χ4v) is 3.20. The number of amides is 1. The van der Waals surface area contributed by atoms with E-state index < -0.39 is 0 Å². The van der Waals surface area contributed by atoms with Gasteiger partial charge in [0.2, 0.25) is 0 Å². The fourth-order valence-electron chi connectivity index (χ4n) is 3.20. The largest absolute Gasteiger partial charge is 0.353 e. The highest BCUT2D eigenvalue weighted by Crippen LogP contribution is 2.16. The van der Waals surface area contributed by atoms with E-state index in [2.05, 4.69) is 34.0 Å². The number of carbonyl (C=O) groups is 1. The molecule has 1 saturated heterocycles. The second-order valence-electron chi connectivity index (χ2n) is 6.78. The van der Waals surface area contributed by atoms with Gasteiger partial charge in [-0.2, -0.15) is 0 Å². The second-order valence-corrected chi connectivity index (χ2v) is 6.78. The van der Waals surface area contributed by atoms with Crippen molar-refractivity contribution in [1.82, 2.24) is 24.9 Å². The van der Waals surface area contributed by atoms with Crippen LogP contribution in [0.15, 0.2) is 48.8 Å². The number of piperazine rings is 1. The van der Waals surface area contributed by atoms with Gasteiger partial charge in [0.25, 0.3) is 5.91 Å². The predicted octanol–water partition coefficient (Wildman–Crippen LogP) is 2.24. The van der Waals surface area contributed by atoms with Crippen LogP contribution in [0.2, 0.25) is 0 Å². The van der Waals surface area contributed by atoms with Crippen molar-refractivity contribution in [3.63, 3.8) is 0 Å². The van der Waals surface area contributed by atoms with Gasteiger partial charge in [-0.05, 0) is 49.2 Å². The van der Waals surface area contributed by atoms with Crippen LogP contribution in [-0.4, -0.2) is 57.0 Å². The zero-order valence-electron chi connectivity index (χ0n) is 15.5. The number of hydrogen-bond acceptors (Lipinski definition) is 5. The zero-order chi connectivity index (χ0) is 18.8. The van der Waals surface area contributed by atoms with Crippen LogP contribution in [0.25, 0.3) is 5.69 Å². The Morgan fingerprint density at radius 3 is 2.52 bits per heavy atom. The number of anilines is 1. The summed E-state index contributed by atoms with van der Waals surface area (Å²) < 4.78 is 1.66.